The number of hydrogen-bond donors (Lipinski definition) is 3. The molecule has 0 radical (unpaired) electrons. The van der Waals surface area contributed by atoms with Gasteiger partial charge in [-0.2, -0.15) is 0 Å². The van der Waals surface area contributed by atoms with Crippen LogP contribution >= 0.6 is 0 Å². The molecule has 2 aromatic rings. The minimum Gasteiger partial charge on any atom is -0.388 e. The number of aromatic nitrogens is 1. The molecule has 0 atom stereocenters. The highest BCUT2D eigenvalue weighted by Crippen LogP contribution is 2.21. The van der Waals surface area contributed by atoms with Crippen molar-refractivity contribution in [3.63, 3.8) is 0 Å². The molecule has 3 N–H and O–H groups in total. The van der Waals surface area contributed by atoms with Gasteiger partial charge in [0.25, 0.3) is 0 Å². The van der Waals surface area contributed by atoms with Crippen LogP contribution in [0.15, 0.2) is 42.7 Å². The molecule has 2 rings (SSSR count). The predicted molar refractivity (Wildman–Crippen MR) is 81.5 cm³/mol. The van der Waals surface area contributed by atoms with Gasteiger partial charge in [-0.3, -0.25) is 0 Å². The van der Waals surface area contributed by atoms with Gasteiger partial charge in [0, 0.05) is 43.6 Å². The molecule has 0 spiro atoms. The van der Waals surface area contributed by atoms with Crippen LogP contribution < -0.4 is 10.6 Å². The first-order valence-corrected chi connectivity index (χ1v) is 6.72. The van der Waals surface area contributed by atoms with Gasteiger partial charge in [-0.05, 0) is 29.3 Å². The second-order valence-electron chi connectivity index (χ2n) is 5.53. The number of anilines is 1. The van der Waals surface area contributed by atoms with Crippen molar-refractivity contribution >= 4 is 5.69 Å². The van der Waals surface area contributed by atoms with E-state index in [-0.39, 0.29) is 5.41 Å². The van der Waals surface area contributed by atoms with Crippen molar-refractivity contribution < 1.29 is 0 Å². The van der Waals surface area contributed by atoms with Gasteiger partial charge in [0.15, 0.2) is 0 Å². The van der Waals surface area contributed by atoms with Crippen molar-refractivity contribution in [3.8, 4) is 0 Å². The Kier molecular flexibility index (Phi) is 4.27. The number of H-pyrrole nitrogens is 1. The quantitative estimate of drug-likeness (QED) is 0.744. The van der Waals surface area contributed by atoms with Crippen LogP contribution in [0.5, 0.6) is 0 Å². The molecule has 19 heavy (non-hydrogen) atoms. The lowest BCUT2D eigenvalue weighted by Gasteiger charge is -2.24. The van der Waals surface area contributed by atoms with Crippen LogP contribution in [0.1, 0.15) is 25.0 Å². The van der Waals surface area contributed by atoms with Crippen molar-refractivity contribution in [1.82, 2.24) is 10.3 Å². The first-order valence-electron chi connectivity index (χ1n) is 6.72. The molecule has 1 aromatic carbocycles. The number of benzene rings is 1. The van der Waals surface area contributed by atoms with Gasteiger partial charge in [0.2, 0.25) is 0 Å². The molecule has 1 heterocycles. The molecule has 3 nitrogen and oxygen atoms in total. The molecule has 0 fully saturated rings. The molecule has 0 aliphatic rings. The SMILES string of the molecule is CNc1ccc(CNCC(C)(C)c2cc[nH]c2)cc1. The lowest BCUT2D eigenvalue weighted by Crippen LogP contribution is -2.32. The van der Waals surface area contributed by atoms with E-state index in [2.05, 4.69) is 66.0 Å². The van der Waals surface area contributed by atoms with E-state index in [1.165, 1.54) is 11.1 Å². The summed E-state index contributed by atoms with van der Waals surface area (Å²) in [4.78, 5) is 3.12. The van der Waals surface area contributed by atoms with Gasteiger partial charge in [0.1, 0.15) is 0 Å². The van der Waals surface area contributed by atoms with Crippen molar-refractivity contribution in [2.24, 2.45) is 0 Å². The Morgan fingerprint density at radius 3 is 2.42 bits per heavy atom. The van der Waals surface area contributed by atoms with E-state index in [9.17, 15) is 0 Å². The summed E-state index contributed by atoms with van der Waals surface area (Å²) in [6.45, 7) is 6.37. The summed E-state index contributed by atoms with van der Waals surface area (Å²) in [5.74, 6) is 0. The zero-order valence-electron chi connectivity index (χ0n) is 12.0. The highest BCUT2D eigenvalue weighted by molar-refractivity contribution is 5.43. The van der Waals surface area contributed by atoms with Gasteiger partial charge in [-0.25, -0.2) is 0 Å². The molecular weight excluding hydrogens is 234 g/mol. The van der Waals surface area contributed by atoms with E-state index in [1.807, 2.05) is 13.2 Å². The van der Waals surface area contributed by atoms with E-state index < -0.39 is 0 Å². The van der Waals surface area contributed by atoms with Gasteiger partial charge in [0.05, 0.1) is 0 Å². The molecular formula is C16H23N3. The summed E-state index contributed by atoms with van der Waals surface area (Å²) in [7, 11) is 1.94. The van der Waals surface area contributed by atoms with E-state index in [0.29, 0.717) is 0 Å². The fourth-order valence-corrected chi connectivity index (χ4v) is 2.16. The summed E-state index contributed by atoms with van der Waals surface area (Å²) < 4.78 is 0. The fourth-order valence-electron chi connectivity index (χ4n) is 2.16. The predicted octanol–water partition coefficient (Wildman–Crippen LogP) is 3.12. The molecule has 0 aliphatic heterocycles. The lowest BCUT2D eigenvalue weighted by molar-refractivity contribution is 0.469. The largest absolute Gasteiger partial charge is 0.388 e. The Hall–Kier alpha value is -1.74. The van der Waals surface area contributed by atoms with Crippen LogP contribution in [0, 0.1) is 0 Å². The zero-order valence-corrected chi connectivity index (χ0v) is 12.0. The minimum absolute atomic E-state index is 0.144. The monoisotopic (exact) mass is 257 g/mol. The lowest BCUT2D eigenvalue weighted by atomic mass is 9.86. The summed E-state index contributed by atoms with van der Waals surface area (Å²) in [6, 6.07) is 10.7. The normalized spacial score (nSPS) is 11.5. The van der Waals surface area contributed by atoms with Gasteiger partial charge in [-0.15, -0.1) is 0 Å². The second-order valence-corrected chi connectivity index (χ2v) is 5.53. The summed E-state index contributed by atoms with van der Waals surface area (Å²) in [5, 5.41) is 6.66. The average Bonchev–Trinajstić information content (AvgIpc) is 2.94. The Labute approximate surface area is 115 Å². The van der Waals surface area contributed by atoms with E-state index >= 15 is 0 Å². The fraction of sp³-hybridized carbons (Fsp3) is 0.375. The average molecular weight is 257 g/mol. The van der Waals surface area contributed by atoms with Crippen LogP contribution in [0.4, 0.5) is 5.69 Å². The van der Waals surface area contributed by atoms with Gasteiger partial charge >= 0.3 is 0 Å². The molecule has 0 amide bonds. The maximum Gasteiger partial charge on any atom is 0.0337 e. The minimum atomic E-state index is 0.144. The van der Waals surface area contributed by atoms with Crippen molar-refractivity contribution in [3.05, 3.63) is 53.9 Å². The third kappa shape index (κ3) is 3.61. The maximum absolute atomic E-state index is 3.53. The molecule has 0 saturated heterocycles. The first-order chi connectivity index (χ1) is 9.12. The first kappa shape index (κ1) is 13.7. The van der Waals surface area contributed by atoms with E-state index in [0.717, 1.165) is 18.8 Å². The maximum atomic E-state index is 3.53. The molecule has 0 saturated carbocycles. The third-order valence-corrected chi connectivity index (χ3v) is 3.52. The summed E-state index contributed by atoms with van der Waals surface area (Å²) in [5.41, 5.74) is 3.94. The Bertz CT molecular complexity index is 483. The standard InChI is InChI=1S/C16H23N3/c1-16(2,14-8-9-18-11-14)12-19-10-13-4-6-15(17-3)7-5-13/h4-9,11,17-19H,10,12H2,1-3H3. The number of nitrogens with one attached hydrogen (secondary N) is 3. The number of hydrogen-bond acceptors (Lipinski definition) is 2. The topological polar surface area (TPSA) is 39.8 Å². The summed E-state index contributed by atoms with van der Waals surface area (Å²) in [6.07, 6.45) is 4.05. The molecule has 0 bridgehead atoms. The molecule has 0 aliphatic carbocycles. The number of aromatic amines is 1. The van der Waals surface area contributed by atoms with Gasteiger partial charge < -0.3 is 15.6 Å². The smallest absolute Gasteiger partial charge is 0.0337 e. The zero-order chi connectivity index (χ0) is 13.7. The van der Waals surface area contributed by atoms with Crippen LogP contribution in [0.25, 0.3) is 0 Å². The number of rotatable bonds is 6. The van der Waals surface area contributed by atoms with E-state index in [4.69, 9.17) is 0 Å². The highest BCUT2D eigenvalue weighted by Gasteiger charge is 2.20. The Balaban J connectivity index is 1.86. The molecule has 3 heteroatoms. The van der Waals surface area contributed by atoms with E-state index in [1.54, 1.807) is 0 Å². The van der Waals surface area contributed by atoms with Crippen LogP contribution in [0.3, 0.4) is 0 Å². The molecule has 1 aromatic heterocycles. The molecule has 0 unspecified atom stereocenters. The molecule has 102 valence electrons. The van der Waals surface area contributed by atoms with Crippen molar-refractivity contribution in [1.29, 1.82) is 0 Å². The third-order valence-electron chi connectivity index (χ3n) is 3.52. The van der Waals surface area contributed by atoms with Crippen LogP contribution in [-0.2, 0) is 12.0 Å². The van der Waals surface area contributed by atoms with Crippen molar-refractivity contribution in [2.45, 2.75) is 25.8 Å². The van der Waals surface area contributed by atoms with Crippen molar-refractivity contribution in [2.75, 3.05) is 18.9 Å². The second kappa shape index (κ2) is 5.93. The van der Waals surface area contributed by atoms with Gasteiger partial charge in [-0.1, -0.05) is 26.0 Å². The highest BCUT2D eigenvalue weighted by atomic mass is 14.9. The van der Waals surface area contributed by atoms with Crippen LogP contribution in [-0.4, -0.2) is 18.6 Å². The van der Waals surface area contributed by atoms with Crippen LogP contribution in [0.2, 0.25) is 0 Å². The Morgan fingerprint density at radius 2 is 1.84 bits per heavy atom. The Morgan fingerprint density at radius 1 is 1.11 bits per heavy atom. The summed E-state index contributed by atoms with van der Waals surface area (Å²) >= 11 is 0.